The number of hydrogen-bond donors (Lipinski definition) is 2. The van der Waals surface area contributed by atoms with Crippen LogP contribution in [0.15, 0.2) is 93.2 Å². The van der Waals surface area contributed by atoms with Crippen molar-refractivity contribution in [2.24, 2.45) is 4.99 Å². The van der Waals surface area contributed by atoms with Crippen molar-refractivity contribution >= 4 is 37.6 Å². The van der Waals surface area contributed by atoms with Crippen molar-refractivity contribution in [3.05, 3.63) is 94.5 Å². The van der Waals surface area contributed by atoms with E-state index in [1.54, 1.807) is 54.6 Å². The molecule has 1 aliphatic heterocycles. The molecule has 0 aromatic heterocycles. The van der Waals surface area contributed by atoms with E-state index in [0.29, 0.717) is 29.9 Å². The van der Waals surface area contributed by atoms with Gasteiger partial charge in [0.25, 0.3) is 5.91 Å². The van der Waals surface area contributed by atoms with Crippen molar-refractivity contribution in [3.8, 4) is 5.75 Å². The van der Waals surface area contributed by atoms with Gasteiger partial charge in [0.15, 0.2) is 21.5 Å². The first-order valence-electron chi connectivity index (χ1n) is 13.3. The highest BCUT2D eigenvalue weighted by Crippen LogP contribution is 2.45. The third-order valence-corrected chi connectivity index (χ3v) is 9.44. The van der Waals surface area contributed by atoms with Crippen molar-refractivity contribution in [2.75, 3.05) is 19.0 Å². The fourth-order valence-electron chi connectivity index (χ4n) is 4.61. The molecule has 1 aliphatic carbocycles. The maximum Gasteiger partial charge on any atom is 0.252 e. The van der Waals surface area contributed by atoms with Crippen LogP contribution >= 0.6 is 15.9 Å². The summed E-state index contributed by atoms with van der Waals surface area (Å²) in [5.41, 5.74) is -0.174. The van der Waals surface area contributed by atoms with Crippen molar-refractivity contribution in [1.82, 2.24) is 5.32 Å². The topological polar surface area (TPSA) is 114 Å². The van der Waals surface area contributed by atoms with Crippen molar-refractivity contribution < 1.29 is 27.8 Å². The van der Waals surface area contributed by atoms with Gasteiger partial charge in [0.1, 0.15) is 5.75 Å². The van der Waals surface area contributed by atoms with Gasteiger partial charge in [-0.05, 0) is 55.3 Å². The van der Waals surface area contributed by atoms with Crippen LogP contribution < -0.4 is 10.1 Å². The second-order valence-corrected chi connectivity index (χ2v) is 12.9. The molecule has 3 aromatic rings. The third kappa shape index (κ3) is 6.24. The van der Waals surface area contributed by atoms with Gasteiger partial charge in [0.05, 0.1) is 17.3 Å². The number of aliphatic imine (C=N–C) groups is 1. The molecule has 8 nitrogen and oxygen atoms in total. The fourth-order valence-corrected chi connectivity index (χ4v) is 6.49. The number of amides is 1. The number of aliphatic hydroxyl groups excluding tert-OH is 1. The Hall–Kier alpha value is -3.21. The molecule has 10 heteroatoms. The number of carbonyl (C=O) groups excluding carboxylic acids is 1. The summed E-state index contributed by atoms with van der Waals surface area (Å²) in [5, 5.41) is 12.1. The predicted molar refractivity (Wildman–Crippen MR) is 155 cm³/mol. The molecule has 1 amide bonds. The first-order valence-corrected chi connectivity index (χ1v) is 15.7. The Labute approximate surface area is 242 Å². The molecule has 0 saturated heterocycles. The molecule has 0 bridgehead atoms. The molecule has 1 saturated carbocycles. The molecule has 5 rings (SSSR count). The molecular formula is C30H31BrN2O6S. The summed E-state index contributed by atoms with van der Waals surface area (Å²) in [4.78, 5) is 19.1. The average Bonchev–Trinajstić information content (AvgIpc) is 3.70. The van der Waals surface area contributed by atoms with Gasteiger partial charge in [-0.15, -0.1) is 0 Å². The number of hydrogen-bond acceptors (Lipinski definition) is 7. The molecule has 210 valence electrons. The Morgan fingerprint density at radius 3 is 2.42 bits per heavy atom. The maximum atomic E-state index is 14.0. The van der Waals surface area contributed by atoms with Gasteiger partial charge < -0.3 is 19.9 Å². The van der Waals surface area contributed by atoms with Gasteiger partial charge >= 0.3 is 0 Å². The molecule has 40 heavy (non-hydrogen) atoms. The van der Waals surface area contributed by atoms with Gasteiger partial charge in [-0.1, -0.05) is 52.3 Å². The maximum absolute atomic E-state index is 14.0. The van der Waals surface area contributed by atoms with E-state index in [4.69, 9.17) is 19.6 Å². The number of nitrogens with one attached hydrogen (secondary N) is 1. The van der Waals surface area contributed by atoms with Crippen LogP contribution in [-0.4, -0.2) is 55.9 Å². The van der Waals surface area contributed by atoms with Crippen LogP contribution in [0.25, 0.3) is 0 Å². The highest BCUT2D eigenvalue weighted by atomic mass is 79.9. The number of rotatable bonds is 12. The van der Waals surface area contributed by atoms with Crippen LogP contribution in [0.3, 0.4) is 0 Å². The Balaban J connectivity index is 1.53. The Kier molecular flexibility index (Phi) is 8.58. The number of ether oxygens (including phenoxy) is 2. The van der Waals surface area contributed by atoms with E-state index in [1.807, 2.05) is 24.3 Å². The number of sulfone groups is 1. The summed E-state index contributed by atoms with van der Waals surface area (Å²) in [6.45, 7) is 0.432. The van der Waals surface area contributed by atoms with Gasteiger partial charge in [-0.25, -0.2) is 13.4 Å². The largest absolute Gasteiger partial charge is 0.494 e. The lowest BCUT2D eigenvalue weighted by Crippen LogP contribution is -2.50. The molecule has 0 unspecified atom stereocenters. The summed E-state index contributed by atoms with van der Waals surface area (Å²) in [5.74, 6) is 0.252. The number of aliphatic hydroxyl groups is 1. The van der Waals surface area contributed by atoms with E-state index in [2.05, 4.69) is 21.2 Å². The quantitative estimate of drug-likeness (QED) is 0.284. The molecule has 0 radical (unpaired) electrons. The van der Waals surface area contributed by atoms with Crippen LogP contribution in [0, 0.1) is 0 Å². The zero-order chi connectivity index (χ0) is 28.2. The summed E-state index contributed by atoms with van der Waals surface area (Å²) in [7, 11) is -3.70. The summed E-state index contributed by atoms with van der Waals surface area (Å²) in [6, 6.07) is 22.8. The van der Waals surface area contributed by atoms with Gasteiger partial charge in [-0.2, -0.15) is 0 Å². The lowest BCUT2D eigenvalue weighted by molar-refractivity contribution is -0.129. The molecule has 1 fully saturated rings. The van der Waals surface area contributed by atoms with Crippen LogP contribution in [-0.2, 0) is 19.4 Å². The SMILES string of the molecule is O=C(NC1CC1)[C@]1(CCS(=O)(=O)c2ccccc2)N=C(c2ccc(OCCCO)cc2)O[C@@H]1c1ccccc1Br. The number of benzene rings is 3. The second-order valence-electron chi connectivity index (χ2n) is 9.94. The van der Waals surface area contributed by atoms with Crippen LogP contribution in [0.1, 0.15) is 42.9 Å². The minimum absolute atomic E-state index is 0.0458. The van der Waals surface area contributed by atoms with Crippen molar-refractivity contribution in [3.63, 3.8) is 0 Å². The Bertz CT molecular complexity index is 1480. The number of carbonyl (C=O) groups is 1. The minimum atomic E-state index is -3.70. The van der Waals surface area contributed by atoms with E-state index in [9.17, 15) is 13.2 Å². The minimum Gasteiger partial charge on any atom is -0.494 e. The van der Waals surface area contributed by atoms with E-state index < -0.39 is 21.5 Å². The van der Waals surface area contributed by atoms with Crippen LogP contribution in [0.2, 0.25) is 0 Å². The van der Waals surface area contributed by atoms with Gasteiger partial charge in [-0.3, -0.25) is 4.79 Å². The molecule has 2 aliphatic rings. The summed E-state index contributed by atoms with van der Waals surface area (Å²) in [6.07, 6.45) is 1.34. The molecule has 0 spiro atoms. The number of halogens is 1. The Morgan fingerprint density at radius 1 is 1.05 bits per heavy atom. The van der Waals surface area contributed by atoms with Gasteiger partial charge in [0, 0.05) is 41.1 Å². The standard InChI is InChI=1S/C30H31BrN2O6S/c31-26-10-5-4-9-25(26)27-30(29(35)32-22-13-14-22,17-20-40(36,37)24-7-2-1-3-8-24)33-28(39-27)21-11-15-23(16-12-21)38-19-6-18-34/h1-5,7-12,15-16,22,27,34H,6,13-14,17-20H2,(H,32,35)/t27-,30-/m1/s1. The van der Waals surface area contributed by atoms with Crippen LogP contribution in [0.4, 0.5) is 0 Å². The fraction of sp³-hybridized carbons (Fsp3) is 0.333. The molecule has 3 aromatic carbocycles. The Morgan fingerprint density at radius 2 is 1.75 bits per heavy atom. The van der Waals surface area contributed by atoms with E-state index >= 15 is 0 Å². The molecular weight excluding hydrogens is 596 g/mol. The third-order valence-electron chi connectivity index (χ3n) is 6.98. The lowest BCUT2D eigenvalue weighted by atomic mass is 9.85. The molecule has 2 atom stereocenters. The number of nitrogens with zero attached hydrogens (tertiary/aromatic N) is 1. The normalized spacial score (nSPS) is 20.4. The lowest BCUT2D eigenvalue weighted by Gasteiger charge is -2.31. The predicted octanol–water partition coefficient (Wildman–Crippen LogP) is 4.61. The zero-order valence-corrected chi connectivity index (χ0v) is 24.2. The van der Waals surface area contributed by atoms with Crippen molar-refractivity contribution in [1.29, 1.82) is 0 Å². The first kappa shape index (κ1) is 28.3. The highest BCUT2D eigenvalue weighted by Gasteiger charge is 2.54. The van der Waals surface area contributed by atoms with E-state index in [1.165, 1.54) is 0 Å². The van der Waals surface area contributed by atoms with E-state index in [0.717, 1.165) is 17.3 Å². The highest BCUT2D eigenvalue weighted by molar-refractivity contribution is 9.10. The average molecular weight is 628 g/mol. The van der Waals surface area contributed by atoms with Crippen molar-refractivity contribution in [2.45, 2.75) is 48.3 Å². The monoisotopic (exact) mass is 626 g/mol. The van der Waals surface area contributed by atoms with E-state index in [-0.39, 0.29) is 41.5 Å². The zero-order valence-electron chi connectivity index (χ0n) is 21.8. The first-order chi connectivity index (χ1) is 19.3. The molecule has 2 N–H and O–H groups in total. The second kappa shape index (κ2) is 12.1. The van der Waals surface area contributed by atoms with Crippen LogP contribution in [0.5, 0.6) is 5.75 Å². The summed E-state index contributed by atoms with van der Waals surface area (Å²) >= 11 is 3.60. The van der Waals surface area contributed by atoms with Gasteiger partial charge in [0.2, 0.25) is 5.90 Å². The summed E-state index contributed by atoms with van der Waals surface area (Å²) < 4.78 is 39.5. The molecule has 1 heterocycles. The smallest absolute Gasteiger partial charge is 0.252 e.